The third-order valence-corrected chi connectivity index (χ3v) is 4.53. The Kier molecular flexibility index (Phi) is 3.25. The first-order chi connectivity index (χ1) is 10.3. The number of hydrogen-bond acceptors (Lipinski definition) is 5. The first kappa shape index (κ1) is 13.0. The van der Waals surface area contributed by atoms with Crippen LogP contribution >= 0.6 is 0 Å². The van der Waals surface area contributed by atoms with Crippen molar-refractivity contribution in [3.05, 3.63) is 29.9 Å². The molecule has 1 saturated heterocycles. The van der Waals surface area contributed by atoms with E-state index in [4.69, 9.17) is 4.52 Å². The normalized spacial score (nSPS) is 23.0. The maximum atomic E-state index is 5.42. The lowest BCUT2D eigenvalue weighted by atomic mass is 10.2. The molecule has 2 aromatic heterocycles. The molecule has 4 rings (SSSR count). The molecule has 1 saturated carbocycles. The predicted molar refractivity (Wildman–Crippen MR) is 76.6 cm³/mol. The molecule has 0 spiro atoms. The zero-order chi connectivity index (χ0) is 14.2. The Morgan fingerprint density at radius 3 is 3.05 bits per heavy atom. The van der Waals surface area contributed by atoms with Gasteiger partial charge in [-0.3, -0.25) is 4.90 Å². The van der Waals surface area contributed by atoms with E-state index in [-0.39, 0.29) is 6.04 Å². The molecule has 1 atom stereocenters. The Balaban J connectivity index is 1.51. The van der Waals surface area contributed by atoms with Crippen LogP contribution < -0.4 is 0 Å². The van der Waals surface area contributed by atoms with Crippen LogP contribution in [0, 0.1) is 0 Å². The molecule has 2 aliphatic rings. The molecule has 0 unspecified atom stereocenters. The van der Waals surface area contributed by atoms with E-state index in [0.717, 1.165) is 43.6 Å². The van der Waals surface area contributed by atoms with Crippen LogP contribution in [0.15, 0.2) is 16.9 Å². The Hall–Kier alpha value is -1.69. The molecule has 21 heavy (non-hydrogen) atoms. The highest BCUT2D eigenvalue weighted by molar-refractivity contribution is 5.06. The van der Waals surface area contributed by atoms with Crippen LogP contribution in [-0.4, -0.2) is 31.1 Å². The van der Waals surface area contributed by atoms with Gasteiger partial charge in [-0.15, -0.1) is 0 Å². The zero-order valence-electron chi connectivity index (χ0n) is 12.4. The van der Waals surface area contributed by atoms with Gasteiger partial charge in [0.15, 0.2) is 5.82 Å². The molecule has 3 heterocycles. The molecule has 2 aromatic rings. The van der Waals surface area contributed by atoms with Crippen LogP contribution in [0.1, 0.15) is 62.1 Å². The van der Waals surface area contributed by atoms with Gasteiger partial charge in [0.2, 0.25) is 5.89 Å². The van der Waals surface area contributed by atoms with E-state index in [1.807, 2.05) is 12.4 Å². The molecule has 0 aromatic carbocycles. The quantitative estimate of drug-likeness (QED) is 0.845. The van der Waals surface area contributed by atoms with Crippen molar-refractivity contribution in [3.8, 4) is 0 Å². The fraction of sp³-hybridized carbons (Fsp3) is 0.667. The lowest BCUT2D eigenvalue weighted by Crippen LogP contribution is -2.25. The summed E-state index contributed by atoms with van der Waals surface area (Å²) in [5.74, 6) is 3.35. The number of nitrogens with zero attached hydrogens (tertiary/aromatic N) is 5. The topological polar surface area (TPSA) is 60.0 Å². The van der Waals surface area contributed by atoms with Gasteiger partial charge in [0.1, 0.15) is 5.82 Å². The largest absolute Gasteiger partial charge is 0.339 e. The van der Waals surface area contributed by atoms with Gasteiger partial charge in [-0.25, -0.2) is 4.98 Å². The molecule has 0 amide bonds. The third kappa shape index (κ3) is 2.48. The Morgan fingerprint density at radius 1 is 1.33 bits per heavy atom. The van der Waals surface area contributed by atoms with E-state index in [1.165, 1.54) is 19.3 Å². The molecule has 1 aliphatic carbocycles. The minimum atomic E-state index is 0.281. The fourth-order valence-electron chi connectivity index (χ4n) is 3.15. The van der Waals surface area contributed by atoms with Gasteiger partial charge in [-0.1, -0.05) is 5.16 Å². The van der Waals surface area contributed by atoms with Crippen molar-refractivity contribution in [2.45, 2.75) is 57.7 Å². The zero-order valence-corrected chi connectivity index (χ0v) is 12.4. The van der Waals surface area contributed by atoms with Crippen molar-refractivity contribution >= 4 is 0 Å². The van der Waals surface area contributed by atoms with Crippen molar-refractivity contribution in [1.29, 1.82) is 0 Å². The summed E-state index contributed by atoms with van der Waals surface area (Å²) in [5.41, 5.74) is 0. The number of aromatic nitrogens is 4. The highest BCUT2D eigenvalue weighted by Gasteiger charge is 2.34. The van der Waals surface area contributed by atoms with E-state index in [9.17, 15) is 0 Å². The Bertz CT molecular complexity index is 615. The van der Waals surface area contributed by atoms with Crippen LogP contribution in [0.2, 0.25) is 0 Å². The highest BCUT2D eigenvalue weighted by Crippen LogP contribution is 2.40. The predicted octanol–water partition coefficient (Wildman–Crippen LogP) is 2.50. The lowest BCUT2D eigenvalue weighted by Gasteiger charge is -2.21. The molecule has 0 radical (unpaired) electrons. The van der Waals surface area contributed by atoms with Crippen LogP contribution in [0.5, 0.6) is 0 Å². The van der Waals surface area contributed by atoms with Gasteiger partial charge >= 0.3 is 0 Å². The molecule has 1 aliphatic heterocycles. The van der Waals surface area contributed by atoms with Gasteiger partial charge in [0.25, 0.3) is 0 Å². The summed E-state index contributed by atoms with van der Waals surface area (Å²) in [7, 11) is 0. The van der Waals surface area contributed by atoms with Gasteiger partial charge in [-0.2, -0.15) is 4.98 Å². The first-order valence-corrected chi connectivity index (χ1v) is 7.92. The average Bonchev–Trinajstić information content (AvgIpc) is 2.94. The standard InChI is InChI=1S/C15H21N5O/c1-2-19-9-7-16-13(19)10-20-8-3-4-12(20)14-17-15(21-18-14)11-5-6-11/h7,9,11-12H,2-6,8,10H2,1H3/t12-/m0/s1. The number of rotatable bonds is 5. The average molecular weight is 287 g/mol. The Morgan fingerprint density at radius 2 is 2.24 bits per heavy atom. The van der Waals surface area contributed by atoms with E-state index in [1.54, 1.807) is 0 Å². The van der Waals surface area contributed by atoms with Gasteiger partial charge < -0.3 is 9.09 Å². The highest BCUT2D eigenvalue weighted by atomic mass is 16.5. The van der Waals surface area contributed by atoms with Crippen molar-refractivity contribution < 1.29 is 4.52 Å². The van der Waals surface area contributed by atoms with Crippen molar-refractivity contribution in [2.75, 3.05) is 6.54 Å². The van der Waals surface area contributed by atoms with Crippen LogP contribution in [0.25, 0.3) is 0 Å². The number of likely N-dealkylation sites (tertiary alicyclic amines) is 1. The number of aryl methyl sites for hydroxylation is 1. The second-order valence-corrected chi connectivity index (χ2v) is 6.02. The lowest BCUT2D eigenvalue weighted by molar-refractivity contribution is 0.225. The summed E-state index contributed by atoms with van der Waals surface area (Å²) in [6, 6.07) is 0.281. The molecule has 0 bridgehead atoms. The van der Waals surface area contributed by atoms with Crippen LogP contribution in [-0.2, 0) is 13.1 Å². The van der Waals surface area contributed by atoms with E-state index >= 15 is 0 Å². The third-order valence-electron chi connectivity index (χ3n) is 4.53. The minimum absolute atomic E-state index is 0.281. The summed E-state index contributed by atoms with van der Waals surface area (Å²) in [5, 5.41) is 4.23. The second kappa shape index (κ2) is 5.26. The van der Waals surface area contributed by atoms with Gasteiger partial charge in [0, 0.05) is 24.9 Å². The summed E-state index contributed by atoms with van der Waals surface area (Å²) in [6.07, 6.45) is 8.61. The SMILES string of the molecule is CCn1ccnc1CN1CCC[C@H]1c1noc(C2CC2)n1. The van der Waals surface area contributed by atoms with E-state index in [0.29, 0.717) is 5.92 Å². The van der Waals surface area contributed by atoms with Crippen molar-refractivity contribution in [2.24, 2.45) is 0 Å². The van der Waals surface area contributed by atoms with Crippen molar-refractivity contribution in [1.82, 2.24) is 24.6 Å². The van der Waals surface area contributed by atoms with E-state index in [2.05, 4.69) is 31.5 Å². The molecule has 112 valence electrons. The fourth-order valence-corrected chi connectivity index (χ4v) is 3.15. The molecule has 0 N–H and O–H groups in total. The molecule has 2 fully saturated rings. The monoisotopic (exact) mass is 287 g/mol. The first-order valence-electron chi connectivity index (χ1n) is 7.92. The van der Waals surface area contributed by atoms with Gasteiger partial charge in [0.05, 0.1) is 12.6 Å². The molecular weight excluding hydrogens is 266 g/mol. The smallest absolute Gasteiger partial charge is 0.229 e. The summed E-state index contributed by atoms with van der Waals surface area (Å²) in [4.78, 5) is 11.5. The summed E-state index contributed by atoms with van der Waals surface area (Å²) < 4.78 is 7.62. The van der Waals surface area contributed by atoms with Crippen LogP contribution in [0.3, 0.4) is 0 Å². The molecular formula is C15H21N5O. The second-order valence-electron chi connectivity index (χ2n) is 6.02. The molecule has 6 nitrogen and oxygen atoms in total. The maximum absolute atomic E-state index is 5.42. The maximum Gasteiger partial charge on any atom is 0.229 e. The summed E-state index contributed by atoms with van der Waals surface area (Å²) in [6.45, 7) is 5.04. The summed E-state index contributed by atoms with van der Waals surface area (Å²) >= 11 is 0. The van der Waals surface area contributed by atoms with Crippen molar-refractivity contribution in [3.63, 3.8) is 0 Å². The molecule has 6 heteroatoms. The number of hydrogen-bond donors (Lipinski definition) is 0. The number of imidazole rings is 1. The van der Waals surface area contributed by atoms with Crippen LogP contribution in [0.4, 0.5) is 0 Å². The van der Waals surface area contributed by atoms with Gasteiger partial charge in [-0.05, 0) is 39.2 Å². The minimum Gasteiger partial charge on any atom is -0.339 e. The van der Waals surface area contributed by atoms with E-state index < -0.39 is 0 Å². The Labute approximate surface area is 124 Å².